The Morgan fingerprint density at radius 2 is 2.14 bits per heavy atom. The second kappa shape index (κ2) is 8.61. The molecule has 0 spiro atoms. The number of amides is 1. The molecule has 1 aromatic heterocycles. The minimum absolute atomic E-state index is 0.0813. The number of carbonyl (C=O) groups is 1. The largest absolute Gasteiger partial charge is 0.493 e. The smallest absolute Gasteiger partial charge is 0.255 e. The van der Waals surface area contributed by atoms with E-state index in [-0.39, 0.29) is 5.91 Å². The van der Waals surface area contributed by atoms with Gasteiger partial charge in [0.25, 0.3) is 5.91 Å². The summed E-state index contributed by atoms with van der Waals surface area (Å²) in [5.74, 6) is 2.24. The number of likely N-dealkylation sites (tertiary alicyclic amines) is 1. The van der Waals surface area contributed by atoms with Crippen LogP contribution < -0.4 is 14.8 Å². The Morgan fingerprint density at radius 3 is 2.89 bits per heavy atom. The lowest BCUT2D eigenvalue weighted by Gasteiger charge is -2.34. The first-order valence-corrected chi connectivity index (χ1v) is 9.96. The van der Waals surface area contributed by atoms with E-state index in [1.54, 1.807) is 19.5 Å². The van der Waals surface area contributed by atoms with Crippen LogP contribution in [-0.4, -0.2) is 55.2 Å². The number of carbonyl (C=O) groups excluding carboxylic acids is 1. The maximum absolute atomic E-state index is 12.5. The van der Waals surface area contributed by atoms with E-state index in [1.807, 2.05) is 29.2 Å². The zero-order valence-electron chi connectivity index (χ0n) is 16.3. The van der Waals surface area contributed by atoms with Crippen LogP contribution in [-0.2, 0) is 6.42 Å². The van der Waals surface area contributed by atoms with Gasteiger partial charge in [-0.25, -0.2) is 0 Å². The van der Waals surface area contributed by atoms with Crippen molar-refractivity contribution in [2.24, 2.45) is 5.92 Å². The first kappa shape index (κ1) is 18.7. The Kier molecular flexibility index (Phi) is 5.76. The van der Waals surface area contributed by atoms with E-state index in [1.165, 1.54) is 5.56 Å². The van der Waals surface area contributed by atoms with Crippen LogP contribution in [0.15, 0.2) is 42.7 Å². The molecule has 4 rings (SSSR count). The van der Waals surface area contributed by atoms with E-state index in [2.05, 4.69) is 16.4 Å². The topological polar surface area (TPSA) is 63.7 Å². The molecule has 1 aromatic carbocycles. The fraction of sp³-hybridized carbons (Fsp3) is 0.455. The predicted molar refractivity (Wildman–Crippen MR) is 107 cm³/mol. The third kappa shape index (κ3) is 4.12. The summed E-state index contributed by atoms with van der Waals surface area (Å²) >= 11 is 0. The lowest BCUT2D eigenvalue weighted by atomic mass is 9.95. The van der Waals surface area contributed by atoms with Crippen molar-refractivity contribution in [3.63, 3.8) is 0 Å². The number of fused-ring (bicyclic) bond motifs is 1. The van der Waals surface area contributed by atoms with Gasteiger partial charge < -0.3 is 19.7 Å². The Bertz CT molecular complexity index is 804. The van der Waals surface area contributed by atoms with Crippen molar-refractivity contribution < 1.29 is 14.3 Å². The van der Waals surface area contributed by atoms with Gasteiger partial charge >= 0.3 is 0 Å². The van der Waals surface area contributed by atoms with Crippen molar-refractivity contribution in [1.29, 1.82) is 0 Å². The average Bonchev–Trinajstić information content (AvgIpc) is 2.77. The van der Waals surface area contributed by atoms with E-state index < -0.39 is 0 Å². The maximum Gasteiger partial charge on any atom is 0.255 e. The molecule has 0 aliphatic carbocycles. The molecule has 0 radical (unpaired) electrons. The van der Waals surface area contributed by atoms with Crippen LogP contribution >= 0.6 is 0 Å². The standard InChI is InChI=1S/C22H27N3O3/c1-27-20-6-2-4-17-12-16(15-28-21(17)20)13-24-19-7-10-25(11-8-19)22(26)18-5-3-9-23-14-18/h2-6,9,14,16,19,24H,7-8,10-13,15H2,1H3/t16-/m0/s1. The summed E-state index contributed by atoms with van der Waals surface area (Å²) < 4.78 is 11.4. The van der Waals surface area contributed by atoms with Crippen LogP contribution in [0.2, 0.25) is 0 Å². The van der Waals surface area contributed by atoms with Crippen LogP contribution in [0.25, 0.3) is 0 Å². The Morgan fingerprint density at radius 1 is 1.29 bits per heavy atom. The first-order valence-electron chi connectivity index (χ1n) is 9.96. The van der Waals surface area contributed by atoms with Crippen molar-refractivity contribution in [1.82, 2.24) is 15.2 Å². The highest BCUT2D eigenvalue weighted by Crippen LogP contribution is 2.35. The van der Waals surface area contributed by atoms with Crippen LogP contribution in [0, 0.1) is 5.92 Å². The quantitative estimate of drug-likeness (QED) is 0.862. The molecule has 1 saturated heterocycles. The van der Waals surface area contributed by atoms with Gasteiger partial charge in [-0.05, 0) is 43.0 Å². The lowest BCUT2D eigenvalue weighted by molar-refractivity contribution is 0.0702. The van der Waals surface area contributed by atoms with Gasteiger partial charge in [-0.2, -0.15) is 0 Å². The number of piperidine rings is 1. The first-order chi connectivity index (χ1) is 13.7. The molecule has 0 saturated carbocycles. The third-order valence-corrected chi connectivity index (χ3v) is 5.64. The molecule has 0 bridgehead atoms. The highest BCUT2D eigenvalue weighted by Gasteiger charge is 2.26. The molecule has 2 aromatic rings. The summed E-state index contributed by atoms with van der Waals surface area (Å²) in [7, 11) is 1.68. The Balaban J connectivity index is 1.24. The monoisotopic (exact) mass is 381 g/mol. The number of hydrogen-bond donors (Lipinski definition) is 1. The number of ether oxygens (including phenoxy) is 2. The van der Waals surface area contributed by atoms with E-state index >= 15 is 0 Å². The molecule has 1 atom stereocenters. The Hall–Kier alpha value is -2.60. The van der Waals surface area contributed by atoms with Crippen LogP contribution in [0.1, 0.15) is 28.8 Å². The number of para-hydroxylation sites is 1. The number of aromatic nitrogens is 1. The number of hydrogen-bond acceptors (Lipinski definition) is 5. The summed E-state index contributed by atoms with van der Waals surface area (Å²) in [5.41, 5.74) is 1.89. The second-order valence-electron chi connectivity index (χ2n) is 7.55. The molecule has 148 valence electrons. The highest BCUT2D eigenvalue weighted by molar-refractivity contribution is 5.93. The summed E-state index contributed by atoms with van der Waals surface area (Å²) in [6, 6.07) is 10.2. The number of nitrogens with zero attached hydrogens (tertiary/aromatic N) is 2. The van der Waals surface area contributed by atoms with Gasteiger partial charge in [0.1, 0.15) is 0 Å². The third-order valence-electron chi connectivity index (χ3n) is 5.64. The summed E-state index contributed by atoms with van der Waals surface area (Å²) in [6.45, 7) is 3.20. The minimum Gasteiger partial charge on any atom is -0.493 e. The van der Waals surface area contributed by atoms with Crippen molar-refractivity contribution in [3.05, 3.63) is 53.9 Å². The summed E-state index contributed by atoms with van der Waals surface area (Å²) in [4.78, 5) is 18.5. The summed E-state index contributed by atoms with van der Waals surface area (Å²) in [6.07, 6.45) is 6.28. The average molecular weight is 381 g/mol. The maximum atomic E-state index is 12.5. The Labute approximate surface area is 165 Å². The summed E-state index contributed by atoms with van der Waals surface area (Å²) in [5, 5.41) is 3.69. The molecule has 2 aliphatic rings. The molecule has 1 N–H and O–H groups in total. The van der Waals surface area contributed by atoms with Crippen LogP contribution in [0.3, 0.4) is 0 Å². The number of methoxy groups -OCH3 is 1. The van der Waals surface area contributed by atoms with Crippen LogP contribution in [0.4, 0.5) is 0 Å². The molecule has 2 aliphatic heterocycles. The van der Waals surface area contributed by atoms with Gasteiger partial charge in [-0.1, -0.05) is 12.1 Å². The molecular weight excluding hydrogens is 354 g/mol. The number of nitrogens with one attached hydrogen (secondary N) is 1. The van der Waals surface area contributed by atoms with Crippen molar-refractivity contribution in [2.75, 3.05) is 33.4 Å². The predicted octanol–water partition coefficient (Wildman–Crippen LogP) is 2.54. The molecule has 6 nitrogen and oxygen atoms in total. The van der Waals surface area contributed by atoms with Gasteiger partial charge in [-0.3, -0.25) is 9.78 Å². The SMILES string of the molecule is COc1cccc2c1OC[C@H](CNC1CCN(C(=O)c3cccnc3)CC1)C2. The van der Waals surface area contributed by atoms with Crippen molar-refractivity contribution in [2.45, 2.75) is 25.3 Å². The molecule has 1 fully saturated rings. The van der Waals surface area contributed by atoms with Gasteiger partial charge in [0.15, 0.2) is 11.5 Å². The normalized spacial score (nSPS) is 19.6. The lowest BCUT2D eigenvalue weighted by Crippen LogP contribution is -2.46. The molecule has 28 heavy (non-hydrogen) atoms. The minimum atomic E-state index is 0.0813. The van der Waals surface area contributed by atoms with Gasteiger partial charge in [0.05, 0.1) is 19.3 Å². The van der Waals surface area contributed by atoms with Crippen molar-refractivity contribution >= 4 is 5.91 Å². The molecule has 0 unspecified atom stereocenters. The fourth-order valence-electron chi connectivity index (χ4n) is 4.04. The highest BCUT2D eigenvalue weighted by atomic mass is 16.5. The zero-order chi connectivity index (χ0) is 19.3. The van der Waals surface area contributed by atoms with Gasteiger partial charge in [0.2, 0.25) is 0 Å². The number of benzene rings is 1. The second-order valence-corrected chi connectivity index (χ2v) is 7.55. The van der Waals surface area contributed by atoms with Crippen molar-refractivity contribution in [3.8, 4) is 11.5 Å². The van der Waals surface area contributed by atoms with E-state index in [0.29, 0.717) is 24.1 Å². The molecule has 3 heterocycles. The molecule has 6 heteroatoms. The van der Waals surface area contributed by atoms with Gasteiger partial charge in [0, 0.05) is 44.0 Å². The fourth-order valence-corrected chi connectivity index (χ4v) is 4.04. The van der Waals surface area contributed by atoms with E-state index in [0.717, 1.165) is 50.4 Å². The molecule has 1 amide bonds. The zero-order valence-corrected chi connectivity index (χ0v) is 16.3. The van der Waals surface area contributed by atoms with E-state index in [4.69, 9.17) is 9.47 Å². The van der Waals surface area contributed by atoms with Gasteiger partial charge in [-0.15, -0.1) is 0 Å². The number of rotatable bonds is 5. The van der Waals surface area contributed by atoms with Crippen LogP contribution in [0.5, 0.6) is 11.5 Å². The number of pyridine rings is 1. The molecular formula is C22H27N3O3. The van der Waals surface area contributed by atoms with E-state index in [9.17, 15) is 4.79 Å².